The number of hydrogen-bond acceptors (Lipinski definition) is 3. The number of halogens is 1. The molecule has 0 aliphatic carbocycles. The molecule has 0 spiro atoms. The minimum absolute atomic E-state index is 0.103. The van der Waals surface area contributed by atoms with Gasteiger partial charge in [0.15, 0.2) is 0 Å². The first-order chi connectivity index (χ1) is 10.0. The largest absolute Gasteiger partial charge is 0.497 e. The molecule has 0 heterocycles. The van der Waals surface area contributed by atoms with E-state index in [1.165, 1.54) is 0 Å². The van der Waals surface area contributed by atoms with Gasteiger partial charge < -0.3 is 15.4 Å². The van der Waals surface area contributed by atoms with Crippen molar-refractivity contribution in [3.63, 3.8) is 0 Å². The fourth-order valence-electron chi connectivity index (χ4n) is 1.97. The molecule has 2 rings (SSSR count). The van der Waals surface area contributed by atoms with Crippen LogP contribution in [0.25, 0.3) is 0 Å². The van der Waals surface area contributed by atoms with E-state index < -0.39 is 0 Å². The van der Waals surface area contributed by atoms with Gasteiger partial charge in [-0.25, -0.2) is 0 Å². The molecule has 1 amide bonds. The summed E-state index contributed by atoms with van der Waals surface area (Å²) in [5.74, 6) is 0.687. The van der Waals surface area contributed by atoms with E-state index >= 15 is 0 Å². The third-order valence-corrected chi connectivity index (χ3v) is 3.51. The zero-order chi connectivity index (χ0) is 15.4. The van der Waals surface area contributed by atoms with Crippen molar-refractivity contribution in [1.29, 1.82) is 0 Å². The number of methoxy groups -OCH3 is 1. The van der Waals surface area contributed by atoms with E-state index in [4.69, 9.17) is 22.1 Å². The number of hydrogen-bond donors (Lipinski definition) is 1. The van der Waals surface area contributed by atoms with Crippen LogP contribution in [0.15, 0.2) is 42.5 Å². The fourth-order valence-corrected chi connectivity index (χ4v) is 2.09. The van der Waals surface area contributed by atoms with E-state index in [2.05, 4.69) is 0 Å². The highest BCUT2D eigenvalue weighted by molar-refractivity contribution is 6.33. The van der Waals surface area contributed by atoms with Crippen LogP contribution < -0.4 is 10.5 Å². The summed E-state index contributed by atoms with van der Waals surface area (Å²) in [5.41, 5.74) is 7.67. The van der Waals surface area contributed by atoms with Crippen LogP contribution in [0.3, 0.4) is 0 Å². The monoisotopic (exact) mass is 304 g/mol. The maximum absolute atomic E-state index is 12.3. The van der Waals surface area contributed by atoms with E-state index in [1.54, 1.807) is 37.3 Å². The minimum Gasteiger partial charge on any atom is -0.497 e. The normalized spacial score (nSPS) is 10.2. The van der Waals surface area contributed by atoms with Crippen molar-refractivity contribution in [3.8, 4) is 5.75 Å². The Bertz CT molecular complexity index is 641. The molecule has 4 nitrogen and oxygen atoms in total. The van der Waals surface area contributed by atoms with E-state index in [0.29, 0.717) is 22.8 Å². The first-order valence-electron chi connectivity index (χ1n) is 6.44. The smallest absolute Gasteiger partial charge is 0.253 e. The first kappa shape index (κ1) is 15.2. The average molecular weight is 305 g/mol. The minimum atomic E-state index is -0.103. The molecule has 0 fully saturated rings. The number of anilines is 1. The van der Waals surface area contributed by atoms with Gasteiger partial charge in [-0.3, -0.25) is 4.79 Å². The highest BCUT2D eigenvalue weighted by Crippen LogP contribution is 2.21. The zero-order valence-electron chi connectivity index (χ0n) is 12.0. The number of benzene rings is 2. The Balaban J connectivity index is 2.09. The van der Waals surface area contributed by atoms with Crippen LogP contribution in [0.2, 0.25) is 5.02 Å². The molecule has 0 atom stereocenters. The van der Waals surface area contributed by atoms with Crippen LogP contribution in [-0.4, -0.2) is 25.0 Å². The van der Waals surface area contributed by atoms with Gasteiger partial charge in [0.25, 0.3) is 5.91 Å². The highest BCUT2D eigenvalue weighted by atomic mass is 35.5. The molecule has 2 N–H and O–H groups in total. The van der Waals surface area contributed by atoms with Crippen LogP contribution in [-0.2, 0) is 6.54 Å². The molecule has 0 aliphatic heterocycles. The SMILES string of the molecule is COc1ccc(CN(C)C(=O)c2ccc(Cl)c(N)c2)cc1. The van der Waals surface area contributed by atoms with Crippen molar-refractivity contribution < 1.29 is 9.53 Å². The number of nitrogen functional groups attached to an aromatic ring is 1. The molecule has 0 saturated heterocycles. The van der Waals surface area contributed by atoms with Gasteiger partial charge in [0.2, 0.25) is 0 Å². The summed E-state index contributed by atoms with van der Waals surface area (Å²) in [7, 11) is 3.37. The lowest BCUT2D eigenvalue weighted by molar-refractivity contribution is 0.0785. The van der Waals surface area contributed by atoms with Gasteiger partial charge in [-0.15, -0.1) is 0 Å². The van der Waals surface area contributed by atoms with Gasteiger partial charge >= 0.3 is 0 Å². The molecule has 0 unspecified atom stereocenters. The Morgan fingerprint density at radius 2 is 1.90 bits per heavy atom. The maximum atomic E-state index is 12.3. The Labute approximate surface area is 129 Å². The van der Waals surface area contributed by atoms with Gasteiger partial charge in [-0.2, -0.15) is 0 Å². The predicted molar refractivity (Wildman–Crippen MR) is 84.7 cm³/mol. The third-order valence-electron chi connectivity index (χ3n) is 3.17. The van der Waals surface area contributed by atoms with Gasteiger partial charge in [0.05, 0.1) is 17.8 Å². The summed E-state index contributed by atoms with van der Waals surface area (Å²) < 4.78 is 5.11. The third kappa shape index (κ3) is 3.67. The molecule has 0 bridgehead atoms. The molecule has 0 aliphatic rings. The zero-order valence-corrected chi connectivity index (χ0v) is 12.7. The second-order valence-electron chi connectivity index (χ2n) is 4.75. The van der Waals surface area contributed by atoms with E-state index in [1.807, 2.05) is 24.3 Å². The number of nitrogens with two attached hydrogens (primary N) is 1. The maximum Gasteiger partial charge on any atom is 0.253 e. The number of carbonyl (C=O) groups is 1. The quantitative estimate of drug-likeness (QED) is 0.883. The average Bonchev–Trinajstić information content (AvgIpc) is 2.50. The van der Waals surface area contributed by atoms with Crippen LogP contribution in [0.4, 0.5) is 5.69 Å². The van der Waals surface area contributed by atoms with Crippen LogP contribution in [0.1, 0.15) is 15.9 Å². The second-order valence-corrected chi connectivity index (χ2v) is 5.15. The van der Waals surface area contributed by atoms with Crippen LogP contribution >= 0.6 is 11.6 Å². The van der Waals surface area contributed by atoms with Gasteiger partial charge in [-0.1, -0.05) is 23.7 Å². The molecule has 21 heavy (non-hydrogen) atoms. The van der Waals surface area contributed by atoms with E-state index in [9.17, 15) is 4.79 Å². The van der Waals surface area contributed by atoms with Crippen molar-refractivity contribution >= 4 is 23.2 Å². The molecule has 0 radical (unpaired) electrons. The summed E-state index contributed by atoms with van der Waals surface area (Å²) in [6, 6.07) is 12.5. The number of carbonyl (C=O) groups excluding carboxylic acids is 1. The summed E-state index contributed by atoms with van der Waals surface area (Å²) in [6.45, 7) is 0.505. The highest BCUT2D eigenvalue weighted by Gasteiger charge is 2.13. The van der Waals surface area contributed by atoms with Crippen LogP contribution in [0, 0.1) is 0 Å². The van der Waals surface area contributed by atoms with Crippen molar-refractivity contribution in [1.82, 2.24) is 4.90 Å². The van der Waals surface area contributed by atoms with Gasteiger partial charge in [0, 0.05) is 19.2 Å². The summed E-state index contributed by atoms with van der Waals surface area (Å²) in [4.78, 5) is 14.0. The van der Waals surface area contributed by atoms with E-state index in [0.717, 1.165) is 11.3 Å². The fraction of sp³-hybridized carbons (Fsp3) is 0.188. The summed E-state index contributed by atoms with van der Waals surface area (Å²) in [6.07, 6.45) is 0. The lowest BCUT2D eigenvalue weighted by Gasteiger charge is -2.18. The van der Waals surface area contributed by atoms with Gasteiger partial charge in [0.1, 0.15) is 5.75 Å². The number of amides is 1. The molecule has 110 valence electrons. The van der Waals surface area contributed by atoms with Crippen molar-refractivity contribution in [2.45, 2.75) is 6.54 Å². The summed E-state index contributed by atoms with van der Waals surface area (Å²) in [5, 5.41) is 0.448. The second kappa shape index (κ2) is 6.50. The molecule has 0 aromatic heterocycles. The standard InChI is InChI=1S/C16H17ClN2O2/c1-19(10-11-3-6-13(21-2)7-4-11)16(20)12-5-8-14(17)15(18)9-12/h3-9H,10,18H2,1-2H3. The van der Waals surface area contributed by atoms with E-state index in [-0.39, 0.29) is 5.91 Å². The van der Waals surface area contributed by atoms with Crippen molar-refractivity contribution in [3.05, 3.63) is 58.6 Å². The molecule has 5 heteroatoms. The number of nitrogens with zero attached hydrogens (tertiary/aromatic N) is 1. The number of ether oxygens (including phenoxy) is 1. The van der Waals surface area contributed by atoms with Crippen LogP contribution in [0.5, 0.6) is 5.75 Å². The lowest BCUT2D eigenvalue weighted by atomic mass is 10.1. The number of rotatable bonds is 4. The molecule has 2 aromatic carbocycles. The summed E-state index contributed by atoms with van der Waals surface area (Å²) >= 11 is 5.86. The lowest BCUT2D eigenvalue weighted by Crippen LogP contribution is -2.26. The van der Waals surface area contributed by atoms with Crippen molar-refractivity contribution in [2.75, 3.05) is 19.9 Å². The molecular formula is C16H17ClN2O2. The first-order valence-corrected chi connectivity index (χ1v) is 6.82. The molecule has 0 saturated carbocycles. The Morgan fingerprint density at radius 1 is 1.24 bits per heavy atom. The Morgan fingerprint density at radius 3 is 2.48 bits per heavy atom. The van der Waals surface area contributed by atoms with Gasteiger partial charge in [-0.05, 0) is 35.9 Å². The predicted octanol–water partition coefficient (Wildman–Crippen LogP) is 3.20. The topological polar surface area (TPSA) is 55.6 Å². The molecule has 2 aromatic rings. The molecular weight excluding hydrogens is 288 g/mol. The van der Waals surface area contributed by atoms with Crippen molar-refractivity contribution in [2.24, 2.45) is 0 Å². The Kier molecular flexibility index (Phi) is 4.70. The Hall–Kier alpha value is -2.20.